The van der Waals surface area contributed by atoms with Crippen LogP contribution in [0.1, 0.15) is 29.9 Å². The van der Waals surface area contributed by atoms with Gasteiger partial charge in [-0.25, -0.2) is 4.98 Å². The average Bonchev–Trinajstić information content (AvgIpc) is 3.12. The van der Waals surface area contributed by atoms with Gasteiger partial charge in [0.2, 0.25) is 5.91 Å². The van der Waals surface area contributed by atoms with Gasteiger partial charge in [-0.1, -0.05) is 29.8 Å². The maximum atomic E-state index is 12.7. The number of aromatic nitrogens is 1. The zero-order chi connectivity index (χ0) is 19.4. The predicted molar refractivity (Wildman–Crippen MR) is 108 cm³/mol. The molecule has 6 nitrogen and oxygen atoms in total. The van der Waals surface area contributed by atoms with E-state index < -0.39 is 0 Å². The van der Waals surface area contributed by atoms with Crippen LogP contribution in [0.4, 0.5) is 0 Å². The van der Waals surface area contributed by atoms with E-state index in [2.05, 4.69) is 15.2 Å². The molecule has 27 heavy (non-hydrogen) atoms. The molecule has 2 heterocycles. The first kappa shape index (κ1) is 19.5. The van der Waals surface area contributed by atoms with Gasteiger partial charge in [0, 0.05) is 43.2 Å². The number of nitrogens with zero attached hydrogens (tertiary/aromatic N) is 3. The molecule has 1 aromatic heterocycles. The smallest absolute Gasteiger partial charge is 0.273 e. The van der Waals surface area contributed by atoms with Crippen LogP contribution in [0.2, 0.25) is 0 Å². The van der Waals surface area contributed by atoms with Crippen molar-refractivity contribution in [3.63, 3.8) is 0 Å². The van der Waals surface area contributed by atoms with Crippen LogP contribution in [0, 0.1) is 6.92 Å². The number of rotatable bonds is 5. The van der Waals surface area contributed by atoms with Gasteiger partial charge in [-0.2, -0.15) is 0 Å². The van der Waals surface area contributed by atoms with E-state index >= 15 is 0 Å². The van der Waals surface area contributed by atoms with Gasteiger partial charge in [-0.05, 0) is 20.8 Å². The van der Waals surface area contributed by atoms with Gasteiger partial charge in [-0.3, -0.25) is 14.5 Å². The molecule has 0 bridgehead atoms. The fourth-order valence-corrected chi connectivity index (χ4v) is 3.84. The SMILES string of the molecule is Cc1ccc(-c2nc(C(=O)N3CCN(CC(=O)NC(C)C)CC3)cs2)cc1. The van der Waals surface area contributed by atoms with Crippen LogP contribution in [0.3, 0.4) is 0 Å². The quantitative estimate of drug-likeness (QED) is 0.857. The number of thiazole rings is 1. The van der Waals surface area contributed by atoms with Crippen LogP contribution < -0.4 is 5.32 Å². The monoisotopic (exact) mass is 386 g/mol. The highest BCUT2D eigenvalue weighted by Gasteiger charge is 2.25. The summed E-state index contributed by atoms with van der Waals surface area (Å²) in [6, 6.07) is 8.31. The predicted octanol–water partition coefficient (Wildman–Crippen LogP) is 2.40. The molecule has 7 heteroatoms. The van der Waals surface area contributed by atoms with Gasteiger partial charge in [-0.15, -0.1) is 11.3 Å². The Hall–Kier alpha value is -2.25. The number of carbonyl (C=O) groups excluding carboxylic acids is 2. The summed E-state index contributed by atoms with van der Waals surface area (Å²) < 4.78 is 0. The summed E-state index contributed by atoms with van der Waals surface area (Å²) in [5, 5.41) is 5.60. The maximum Gasteiger partial charge on any atom is 0.273 e. The summed E-state index contributed by atoms with van der Waals surface area (Å²) in [6.07, 6.45) is 0. The molecule has 1 aromatic carbocycles. The maximum absolute atomic E-state index is 12.7. The number of piperazine rings is 1. The Morgan fingerprint density at radius 1 is 1.15 bits per heavy atom. The molecule has 1 aliphatic heterocycles. The zero-order valence-corrected chi connectivity index (χ0v) is 16.9. The van der Waals surface area contributed by atoms with Crippen molar-refractivity contribution in [1.29, 1.82) is 0 Å². The molecule has 2 amide bonds. The second kappa shape index (κ2) is 8.63. The van der Waals surface area contributed by atoms with Crippen molar-refractivity contribution in [2.24, 2.45) is 0 Å². The largest absolute Gasteiger partial charge is 0.353 e. The lowest BCUT2D eigenvalue weighted by Gasteiger charge is -2.34. The van der Waals surface area contributed by atoms with E-state index in [4.69, 9.17) is 0 Å². The lowest BCUT2D eigenvalue weighted by Crippen LogP contribution is -2.51. The van der Waals surface area contributed by atoms with Crippen LogP contribution in [-0.2, 0) is 4.79 Å². The summed E-state index contributed by atoms with van der Waals surface area (Å²) in [4.78, 5) is 33.1. The Balaban J connectivity index is 1.55. The van der Waals surface area contributed by atoms with Crippen LogP contribution in [-0.4, -0.2) is 65.4 Å². The van der Waals surface area contributed by atoms with Gasteiger partial charge in [0.1, 0.15) is 10.7 Å². The summed E-state index contributed by atoms with van der Waals surface area (Å²) in [7, 11) is 0. The topological polar surface area (TPSA) is 65.5 Å². The van der Waals surface area contributed by atoms with E-state index in [1.807, 2.05) is 55.3 Å². The molecule has 1 fully saturated rings. The van der Waals surface area contributed by atoms with Crippen molar-refractivity contribution in [3.05, 3.63) is 40.9 Å². The van der Waals surface area contributed by atoms with E-state index in [1.165, 1.54) is 16.9 Å². The van der Waals surface area contributed by atoms with Crippen LogP contribution in [0.15, 0.2) is 29.6 Å². The Morgan fingerprint density at radius 2 is 1.81 bits per heavy atom. The molecular formula is C20H26N4O2S. The second-order valence-corrected chi connectivity index (χ2v) is 8.05. The minimum absolute atomic E-state index is 0.0316. The number of benzene rings is 1. The van der Waals surface area contributed by atoms with Crippen molar-refractivity contribution in [2.45, 2.75) is 26.8 Å². The van der Waals surface area contributed by atoms with Crippen LogP contribution >= 0.6 is 11.3 Å². The summed E-state index contributed by atoms with van der Waals surface area (Å²) in [6.45, 7) is 8.97. The first-order valence-electron chi connectivity index (χ1n) is 9.26. The van der Waals surface area contributed by atoms with Crippen molar-refractivity contribution in [1.82, 2.24) is 20.1 Å². The molecule has 0 saturated carbocycles. The van der Waals surface area contributed by atoms with Crippen LogP contribution in [0.5, 0.6) is 0 Å². The number of carbonyl (C=O) groups is 2. The second-order valence-electron chi connectivity index (χ2n) is 7.19. The number of nitrogens with one attached hydrogen (secondary N) is 1. The van der Waals surface area contributed by atoms with Gasteiger partial charge in [0.15, 0.2) is 0 Å². The third kappa shape index (κ3) is 5.14. The molecule has 0 spiro atoms. The number of aryl methyl sites for hydroxylation is 1. The minimum atomic E-state index is -0.0316. The summed E-state index contributed by atoms with van der Waals surface area (Å²) >= 11 is 1.49. The van der Waals surface area contributed by atoms with E-state index in [0.29, 0.717) is 38.4 Å². The van der Waals surface area contributed by atoms with Crippen LogP contribution in [0.25, 0.3) is 10.6 Å². The molecular weight excluding hydrogens is 360 g/mol. The van der Waals surface area contributed by atoms with Crippen molar-refractivity contribution < 1.29 is 9.59 Å². The lowest BCUT2D eigenvalue weighted by atomic mass is 10.2. The minimum Gasteiger partial charge on any atom is -0.353 e. The average molecular weight is 387 g/mol. The molecule has 1 saturated heterocycles. The van der Waals surface area contributed by atoms with Crippen molar-refractivity contribution in [3.8, 4) is 10.6 Å². The van der Waals surface area contributed by atoms with Gasteiger partial charge in [0.05, 0.1) is 6.54 Å². The molecule has 1 aliphatic rings. The molecule has 1 N–H and O–H groups in total. The molecule has 144 valence electrons. The summed E-state index contributed by atoms with van der Waals surface area (Å²) in [5.74, 6) is 0.00270. The highest BCUT2D eigenvalue weighted by molar-refractivity contribution is 7.13. The first-order chi connectivity index (χ1) is 12.9. The molecule has 0 unspecified atom stereocenters. The first-order valence-corrected chi connectivity index (χ1v) is 10.1. The normalized spacial score (nSPS) is 15.2. The Bertz CT molecular complexity index is 793. The van der Waals surface area contributed by atoms with Gasteiger partial charge < -0.3 is 10.2 Å². The third-order valence-electron chi connectivity index (χ3n) is 4.50. The lowest BCUT2D eigenvalue weighted by molar-refractivity contribution is -0.123. The molecule has 0 atom stereocenters. The van der Waals surface area contributed by atoms with E-state index in [-0.39, 0.29) is 17.9 Å². The van der Waals surface area contributed by atoms with E-state index in [0.717, 1.165) is 10.6 Å². The Labute approximate surface area is 164 Å². The molecule has 3 rings (SSSR count). The number of amides is 2. The van der Waals surface area contributed by atoms with E-state index in [1.54, 1.807) is 0 Å². The Morgan fingerprint density at radius 3 is 2.44 bits per heavy atom. The van der Waals surface area contributed by atoms with Gasteiger partial charge in [0.25, 0.3) is 5.91 Å². The van der Waals surface area contributed by atoms with Gasteiger partial charge >= 0.3 is 0 Å². The molecule has 0 radical (unpaired) electrons. The Kier molecular flexibility index (Phi) is 6.23. The molecule has 2 aromatic rings. The zero-order valence-electron chi connectivity index (χ0n) is 16.1. The fraction of sp³-hybridized carbons (Fsp3) is 0.450. The highest BCUT2D eigenvalue weighted by atomic mass is 32.1. The van der Waals surface area contributed by atoms with Crippen molar-refractivity contribution in [2.75, 3.05) is 32.7 Å². The highest BCUT2D eigenvalue weighted by Crippen LogP contribution is 2.24. The fourth-order valence-electron chi connectivity index (χ4n) is 3.04. The third-order valence-corrected chi connectivity index (χ3v) is 5.39. The van der Waals surface area contributed by atoms with Crippen molar-refractivity contribution >= 4 is 23.2 Å². The number of hydrogen-bond acceptors (Lipinski definition) is 5. The standard InChI is InChI=1S/C20H26N4O2S/c1-14(2)21-18(25)12-23-8-10-24(11-9-23)20(26)17-13-27-19(22-17)16-6-4-15(3)5-7-16/h4-7,13-14H,8-12H2,1-3H3,(H,21,25). The van der Waals surface area contributed by atoms with E-state index in [9.17, 15) is 9.59 Å². The number of hydrogen-bond donors (Lipinski definition) is 1. The molecule has 0 aliphatic carbocycles. The summed E-state index contributed by atoms with van der Waals surface area (Å²) in [5.41, 5.74) is 2.73.